The van der Waals surface area contributed by atoms with Gasteiger partial charge in [0.25, 0.3) is 0 Å². The number of ether oxygens (including phenoxy) is 1. The number of likely N-dealkylation sites (N-methyl/N-ethyl adjacent to an activating group) is 1. The third kappa shape index (κ3) is 2.61. The number of hydrogen-bond donors (Lipinski definition) is 1. The molecular formula is C12H23N3O2. The number of hydrogen-bond acceptors (Lipinski definition) is 5. The van der Waals surface area contributed by atoms with Gasteiger partial charge in [-0.1, -0.05) is 0 Å². The van der Waals surface area contributed by atoms with Crippen molar-refractivity contribution >= 4 is 5.97 Å². The zero-order valence-corrected chi connectivity index (χ0v) is 10.8. The second-order valence-corrected chi connectivity index (χ2v) is 5.28. The van der Waals surface area contributed by atoms with E-state index in [0.717, 1.165) is 39.0 Å². The molecule has 0 aromatic rings. The average Bonchev–Trinajstić information content (AvgIpc) is 2.26. The lowest BCUT2D eigenvalue weighted by Gasteiger charge is -2.49. The van der Waals surface area contributed by atoms with Crippen LogP contribution in [0.15, 0.2) is 0 Å². The lowest BCUT2D eigenvalue weighted by atomic mass is 9.72. The van der Waals surface area contributed by atoms with Crippen molar-refractivity contribution < 1.29 is 9.53 Å². The van der Waals surface area contributed by atoms with E-state index in [-0.39, 0.29) is 5.97 Å². The van der Waals surface area contributed by atoms with Gasteiger partial charge in [-0.15, -0.1) is 0 Å². The smallest absolute Gasteiger partial charge is 0.326 e. The molecule has 2 rings (SSSR count). The van der Waals surface area contributed by atoms with Crippen molar-refractivity contribution in [1.29, 1.82) is 0 Å². The first kappa shape index (κ1) is 12.8. The number of carbonyl (C=O) groups excluding carboxylic acids is 1. The van der Waals surface area contributed by atoms with E-state index in [2.05, 4.69) is 16.8 Å². The second-order valence-electron chi connectivity index (χ2n) is 5.28. The van der Waals surface area contributed by atoms with Crippen molar-refractivity contribution in [3.05, 3.63) is 0 Å². The molecule has 2 aliphatic rings. The highest BCUT2D eigenvalue weighted by molar-refractivity contribution is 5.82. The summed E-state index contributed by atoms with van der Waals surface area (Å²) in [6, 6.07) is 0.470. The molecule has 1 aliphatic heterocycles. The van der Waals surface area contributed by atoms with Crippen LogP contribution in [-0.4, -0.2) is 67.2 Å². The molecule has 2 N–H and O–H groups in total. The molecule has 5 nitrogen and oxygen atoms in total. The number of esters is 1. The molecule has 0 aromatic heterocycles. The summed E-state index contributed by atoms with van der Waals surface area (Å²) in [5.74, 6) is -0.231. The Kier molecular flexibility index (Phi) is 3.70. The number of carbonyl (C=O) groups is 1. The third-order valence-electron chi connectivity index (χ3n) is 3.94. The average molecular weight is 241 g/mol. The zero-order valence-electron chi connectivity index (χ0n) is 10.8. The van der Waals surface area contributed by atoms with Crippen molar-refractivity contribution in [1.82, 2.24) is 9.80 Å². The van der Waals surface area contributed by atoms with Crippen LogP contribution in [0.3, 0.4) is 0 Å². The van der Waals surface area contributed by atoms with Gasteiger partial charge in [-0.3, -0.25) is 9.69 Å². The minimum Gasteiger partial charge on any atom is -0.465 e. The van der Waals surface area contributed by atoms with Crippen LogP contribution in [0.2, 0.25) is 0 Å². The monoisotopic (exact) mass is 241 g/mol. The molecule has 0 spiro atoms. The van der Waals surface area contributed by atoms with E-state index in [9.17, 15) is 4.79 Å². The van der Waals surface area contributed by atoms with Crippen molar-refractivity contribution in [3.8, 4) is 0 Å². The van der Waals surface area contributed by atoms with E-state index >= 15 is 0 Å². The van der Waals surface area contributed by atoms with Gasteiger partial charge in [-0.2, -0.15) is 0 Å². The maximum Gasteiger partial charge on any atom is 0.326 e. The van der Waals surface area contributed by atoms with Crippen LogP contribution in [-0.2, 0) is 9.53 Å². The first-order chi connectivity index (χ1) is 8.05. The summed E-state index contributed by atoms with van der Waals surface area (Å²) in [6.07, 6.45) is 1.49. The Hall–Kier alpha value is -0.650. The zero-order chi connectivity index (χ0) is 12.5. The summed E-state index contributed by atoms with van der Waals surface area (Å²) in [6.45, 7) is 6.61. The maximum absolute atomic E-state index is 11.7. The molecule has 2 fully saturated rings. The molecule has 1 aliphatic carbocycles. The Balaban J connectivity index is 1.79. The summed E-state index contributed by atoms with van der Waals surface area (Å²) in [5, 5.41) is 0. The minimum absolute atomic E-state index is 0.231. The maximum atomic E-state index is 11.7. The van der Waals surface area contributed by atoms with Gasteiger partial charge in [0.05, 0.1) is 6.61 Å². The van der Waals surface area contributed by atoms with Crippen LogP contribution < -0.4 is 5.73 Å². The molecule has 1 saturated carbocycles. The highest BCUT2D eigenvalue weighted by atomic mass is 16.5. The minimum atomic E-state index is -0.718. The predicted octanol–water partition coefficient (Wildman–Crippen LogP) is -0.343. The van der Waals surface area contributed by atoms with Crippen LogP contribution in [0.4, 0.5) is 0 Å². The molecule has 0 amide bonds. The molecule has 17 heavy (non-hydrogen) atoms. The van der Waals surface area contributed by atoms with Gasteiger partial charge in [0, 0.05) is 32.2 Å². The van der Waals surface area contributed by atoms with E-state index in [4.69, 9.17) is 10.5 Å². The van der Waals surface area contributed by atoms with E-state index in [0.29, 0.717) is 12.6 Å². The van der Waals surface area contributed by atoms with E-state index in [1.165, 1.54) is 0 Å². The van der Waals surface area contributed by atoms with Crippen molar-refractivity contribution in [3.63, 3.8) is 0 Å². The molecule has 1 heterocycles. The SMILES string of the molecule is CCOC(=O)C1(N)CC(N2CCN(C)CC2)C1. The second kappa shape index (κ2) is 4.92. The van der Waals surface area contributed by atoms with Crippen molar-refractivity contribution in [2.45, 2.75) is 31.3 Å². The molecule has 1 saturated heterocycles. The van der Waals surface area contributed by atoms with Gasteiger partial charge >= 0.3 is 5.97 Å². The molecule has 98 valence electrons. The van der Waals surface area contributed by atoms with Crippen LogP contribution in [0.5, 0.6) is 0 Å². The molecule has 0 radical (unpaired) electrons. The van der Waals surface area contributed by atoms with E-state index < -0.39 is 5.54 Å². The van der Waals surface area contributed by atoms with Gasteiger partial charge < -0.3 is 15.4 Å². The first-order valence-corrected chi connectivity index (χ1v) is 6.44. The van der Waals surface area contributed by atoms with Crippen LogP contribution in [0.25, 0.3) is 0 Å². The topological polar surface area (TPSA) is 58.8 Å². The molecular weight excluding hydrogens is 218 g/mol. The summed E-state index contributed by atoms with van der Waals surface area (Å²) in [5.41, 5.74) is 5.33. The van der Waals surface area contributed by atoms with Crippen LogP contribution >= 0.6 is 0 Å². The standard InChI is InChI=1S/C12H23N3O2/c1-3-17-11(16)12(13)8-10(9-12)15-6-4-14(2)5-7-15/h10H,3-9,13H2,1-2H3. The Morgan fingerprint density at radius 3 is 2.47 bits per heavy atom. The van der Waals surface area contributed by atoms with Crippen molar-refractivity contribution in [2.75, 3.05) is 39.8 Å². The quantitative estimate of drug-likeness (QED) is 0.685. The van der Waals surface area contributed by atoms with Crippen LogP contribution in [0.1, 0.15) is 19.8 Å². The summed E-state index contributed by atoms with van der Waals surface area (Å²) in [7, 11) is 2.14. The molecule has 0 atom stereocenters. The Labute approximate surface area is 103 Å². The highest BCUT2D eigenvalue weighted by Crippen LogP contribution is 2.35. The Bertz CT molecular complexity index is 281. The van der Waals surface area contributed by atoms with Gasteiger partial charge in [-0.25, -0.2) is 0 Å². The fourth-order valence-electron chi connectivity index (χ4n) is 2.67. The van der Waals surface area contributed by atoms with Crippen LogP contribution in [0, 0.1) is 0 Å². The number of nitrogens with zero attached hydrogens (tertiary/aromatic N) is 2. The van der Waals surface area contributed by atoms with Crippen molar-refractivity contribution in [2.24, 2.45) is 5.73 Å². The highest BCUT2D eigenvalue weighted by Gasteiger charge is 2.50. The van der Waals surface area contributed by atoms with Gasteiger partial charge in [0.2, 0.25) is 0 Å². The molecule has 0 bridgehead atoms. The number of rotatable bonds is 3. The Morgan fingerprint density at radius 2 is 1.94 bits per heavy atom. The van der Waals surface area contributed by atoms with Gasteiger partial charge in [0.1, 0.15) is 5.54 Å². The largest absolute Gasteiger partial charge is 0.465 e. The van der Waals surface area contributed by atoms with E-state index in [1.54, 1.807) is 0 Å². The molecule has 0 unspecified atom stereocenters. The lowest BCUT2D eigenvalue weighted by Crippen LogP contribution is -2.66. The van der Waals surface area contributed by atoms with Gasteiger partial charge in [0.15, 0.2) is 0 Å². The number of piperazine rings is 1. The fraction of sp³-hybridized carbons (Fsp3) is 0.917. The Morgan fingerprint density at radius 1 is 1.35 bits per heavy atom. The lowest BCUT2D eigenvalue weighted by molar-refractivity contribution is -0.156. The summed E-state index contributed by atoms with van der Waals surface area (Å²) >= 11 is 0. The molecule has 0 aromatic carbocycles. The predicted molar refractivity (Wildman–Crippen MR) is 65.6 cm³/mol. The van der Waals surface area contributed by atoms with Gasteiger partial charge in [-0.05, 0) is 26.8 Å². The summed E-state index contributed by atoms with van der Waals surface area (Å²) < 4.78 is 5.01. The normalized spacial score (nSPS) is 35.4. The molecule has 5 heteroatoms. The fourth-order valence-corrected chi connectivity index (χ4v) is 2.67. The third-order valence-corrected chi connectivity index (χ3v) is 3.94. The summed E-state index contributed by atoms with van der Waals surface area (Å²) in [4.78, 5) is 16.4. The first-order valence-electron chi connectivity index (χ1n) is 6.44. The van der Waals surface area contributed by atoms with E-state index in [1.807, 2.05) is 6.92 Å². The number of nitrogens with two attached hydrogens (primary N) is 1.